The second-order valence-corrected chi connectivity index (χ2v) is 9.76. The highest BCUT2D eigenvalue weighted by atomic mass is 15.0. The Morgan fingerprint density at radius 2 is 0.675 bits per heavy atom. The van der Waals surface area contributed by atoms with Crippen molar-refractivity contribution in [1.29, 1.82) is 0 Å². The number of benzene rings is 6. The van der Waals surface area contributed by atoms with Crippen molar-refractivity contribution < 1.29 is 0 Å². The van der Waals surface area contributed by atoms with E-state index in [4.69, 9.17) is 15.0 Å². The van der Waals surface area contributed by atoms with Crippen molar-refractivity contribution >= 4 is 10.8 Å². The first-order valence-electron chi connectivity index (χ1n) is 13.4. The molecule has 0 aliphatic carbocycles. The third-order valence-electron chi connectivity index (χ3n) is 7.12. The molecule has 0 atom stereocenters. The lowest BCUT2D eigenvalue weighted by Crippen LogP contribution is -2.00. The molecule has 6 aromatic carbocycles. The second kappa shape index (κ2) is 10.4. The molecule has 0 aliphatic heterocycles. The van der Waals surface area contributed by atoms with E-state index in [-0.39, 0.29) is 0 Å². The Bertz CT molecular complexity index is 1930. The van der Waals surface area contributed by atoms with E-state index in [1.54, 1.807) is 0 Å². The summed E-state index contributed by atoms with van der Waals surface area (Å²) in [5.41, 5.74) is 7.48. The quantitative estimate of drug-likeness (QED) is 0.231. The molecule has 0 N–H and O–H groups in total. The molecule has 0 aliphatic rings. The van der Waals surface area contributed by atoms with Gasteiger partial charge in [0.25, 0.3) is 0 Å². The van der Waals surface area contributed by atoms with E-state index in [2.05, 4.69) is 115 Å². The summed E-state index contributed by atoms with van der Waals surface area (Å²) in [7, 11) is 0. The van der Waals surface area contributed by atoms with Crippen LogP contribution >= 0.6 is 0 Å². The molecule has 0 spiro atoms. The van der Waals surface area contributed by atoms with E-state index in [1.165, 1.54) is 16.3 Å². The van der Waals surface area contributed by atoms with Gasteiger partial charge < -0.3 is 0 Å². The number of hydrogen-bond acceptors (Lipinski definition) is 3. The predicted octanol–water partition coefficient (Wildman–Crippen LogP) is 9.36. The van der Waals surface area contributed by atoms with Crippen molar-refractivity contribution in [3.8, 4) is 56.4 Å². The Hall–Kier alpha value is -5.41. The van der Waals surface area contributed by atoms with E-state index < -0.39 is 0 Å². The fourth-order valence-electron chi connectivity index (χ4n) is 5.00. The molecule has 0 fully saturated rings. The van der Waals surface area contributed by atoms with Gasteiger partial charge >= 0.3 is 0 Å². The van der Waals surface area contributed by atoms with E-state index in [0.29, 0.717) is 17.5 Å². The van der Waals surface area contributed by atoms with Crippen LogP contribution in [0.15, 0.2) is 152 Å². The van der Waals surface area contributed by atoms with Gasteiger partial charge in [-0.05, 0) is 45.2 Å². The average Bonchev–Trinajstić information content (AvgIpc) is 3.05. The summed E-state index contributed by atoms with van der Waals surface area (Å²) in [5.74, 6) is 1.96. The number of fused-ring (bicyclic) bond motifs is 1. The zero-order valence-electron chi connectivity index (χ0n) is 21.8. The molecule has 0 bridgehead atoms. The van der Waals surface area contributed by atoms with E-state index >= 15 is 0 Å². The van der Waals surface area contributed by atoms with Crippen LogP contribution in [-0.4, -0.2) is 15.0 Å². The zero-order valence-corrected chi connectivity index (χ0v) is 21.8. The monoisotopic (exact) mass is 511 g/mol. The molecule has 1 aromatic heterocycles. The first-order valence-corrected chi connectivity index (χ1v) is 13.4. The van der Waals surface area contributed by atoms with Gasteiger partial charge in [0, 0.05) is 16.7 Å². The Kier molecular flexibility index (Phi) is 6.15. The number of aromatic nitrogens is 3. The minimum Gasteiger partial charge on any atom is -0.208 e. The van der Waals surface area contributed by atoms with Crippen LogP contribution in [0.25, 0.3) is 67.2 Å². The lowest BCUT2D eigenvalue weighted by Gasteiger charge is -2.10. The van der Waals surface area contributed by atoms with Crippen molar-refractivity contribution in [2.24, 2.45) is 0 Å². The molecular formula is C37H25N3. The lowest BCUT2D eigenvalue weighted by molar-refractivity contribution is 1.07. The first-order chi connectivity index (χ1) is 19.8. The number of nitrogens with zero attached hydrogens (tertiary/aromatic N) is 3. The maximum absolute atomic E-state index is 4.96. The van der Waals surface area contributed by atoms with Gasteiger partial charge in [0.05, 0.1) is 0 Å². The van der Waals surface area contributed by atoms with Gasteiger partial charge in [-0.1, -0.05) is 140 Å². The van der Waals surface area contributed by atoms with Gasteiger partial charge in [0.2, 0.25) is 0 Å². The SMILES string of the molecule is c1ccc(-c2cccc(-c3nc(-c4ccccc4)nc(-c4ccc(-c5ccc6ccccc6c5)cc4)n3)c2)cc1. The molecule has 40 heavy (non-hydrogen) atoms. The molecule has 7 aromatic rings. The fourth-order valence-corrected chi connectivity index (χ4v) is 5.00. The molecule has 1 heterocycles. The summed E-state index contributed by atoms with van der Waals surface area (Å²) in [4.78, 5) is 14.8. The van der Waals surface area contributed by atoms with Gasteiger partial charge in [-0.3, -0.25) is 0 Å². The van der Waals surface area contributed by atoms with Crippen LogP contribution in [0, 0.1) is 0 Å². The van der Waals surface area contributed by atoms with Gasteiger partial charge in [-0.2, -0.15) is 0 Å². The van der Waals surface area contributed by atoms with Crippen LogP contribution in [0.4, 0.5) is 0 Å². The fraction of sp³-hybridized carbons (Fsp3) is 0. The van der Waals surface area contributed by atoms with E-state index in [1.807, 2.05) is 36.4 Å². The highest BCUT2D eigenvalue weighted by Crippen LogP contribution is 2.30. The average molecular weight is 512 g/mol. The third kappa shape index (κ3) is 4.77. The summed E-state index contributed by atoms with van der Waals surface area (Å²) in [6, 6.07) is 52.3. The van der Waals surface area contributed by atoms with Gasteiger partial charge in [0.15, 0.2) is 17.5 Å². The minimum atomic E-state index is 0.652. The molecule has 3 heteroatoms. The molecule has 188 valence electrons. The summed E-state index contributed by atoms with van der Waals surface area (Å²) < 4.78 is 0. The summed E-state index contributed by atoms with van der Waals surface area (Å²) in [6.45, 7) is 0. The Morgan fingerprint density at radius 1 is 0.250 bits per heavy atom. The molecular weight excluding hydrogens is 486 g/mol. The summed E-state index contributed by atoms with van der Waals surface area (Å²) in [6.07, 6.45) is 0. The van der Waals surface area contributed by atoms with Crippen LogP contribution < -0.4 is 0 Å². The van der Waals surface area contributed by atoms with Gasteiger partial charge in [-0.15, -0.1) is 0 Å². The molecule has 0 radical (unpaired) electrons. The minimum absolute atomic E-state index is 0.652. The number of hydrogen-bond donors (Lipinski definition) is 0. The van der Waals surface area contributed by atoms with Crippen molar-refractivity contribution in [2.75, 3.05) is 0 Å². The van der Waals surface area contributed by atoms with Crippen LogP contribution in [0.2, 0.25) is 0 Å². The van der Waals surface area contributed by atoms with Crippen LogP contribution in [-0.2, 0) is 0 Å². The zero-order chi connectivity index (χ0) is 26.7. The molecule has 0 unspecified atom stereocenters. The van der Waals surface area contributed by atoms with E-state index in [0.717, 1.165) is 33.4 Å². The highest BCUT2D eigenvalue weighted by Gasteiger charge is 2.13. The molecule has 0 saturated carbocycles. The van der Waals surface area contributed by atoms with Gasteiger partial charge in [-0.25, -0.2) is 15.0 Å². The molecule has 0 amide bonds. The standard InChI is InChI=1S/C37H25N3/c1-3-10-26(11-4-1)32-16-9-17-34(25-32)37-39-35(29-13-5-2-6-14-29)38-36(40-37)30-21-18-28(19-22-30)33-23-20-27-12-7-8-15-31(27)24-33/h1-25H. The van der Waals surface area contributed by atoms with Crippen LogP contribution in [0.3, 0.4) is 0 Å². The maximum Gasteiger partial charge on any atom is 0.164 e. The largest absolute Gasteiger partial charge is 0.208 e. The summed E-state index contributed by atoms with van der Waals surface area (Å²) >= 11 is 0. The third-order valence-corrected chi connectivity index (χ3v) is 7.12. The Morgan fingerprint density at radius 3 is 1.38 bits per heavy atom. The molecule has 3 nitrogen and oxygen atoms in total. The van der Waals surface area contributed by atoms with Crippen LogP contribution in [0.5, 0.6) is 0 Å². The van der Waals surface area contributed by atoms with Crippen LogP contribution in [0.1, 0.15) is 0 Å². The van der Waals surface area contributed by atoms with Crippen molar-refractivity contribution in [1.82, 2.24) is 15.0 Å². The van der Waals surface area contributed by atoms with Crippen molar-refractivity contribution in [2.45, 2.75) is 0 Å². The number of rotatable bonds is 5. The second-order valence-electron chi connectivity index (χ2n) is 9.76. The maximum atomic E-state index is 4.96. The summed E-state index contributed by atoms with van der Waals surface area (Å²) in [5, 5.41) is 2.47. The van der Waals surface area contributed by atoms with Gasteiger partial charge in [0.1, 0.15) is 0 Å². The Labute approximate surface area is 233 Å². The van der Waals surface area contributed by atoms with Crippen molar-refractivity contribution in [3.63, 3.8) is 0 Å². The normalized spacial score (nSPS) is 11.0. The smallest absolute Gasteiger partial charge is 0.164 e. The topological polar surface area (TPSA) is 38.7 Å². The first kappa shape index (κ1) is 23.7. The molecule has 7 rings (SSSR count). The Balaban J connectivity index is 1.30. The predicted molar refractivity (Wildman–Crippen MR) is 165 cm³/mol. The lowest BCUT2D eigenvalue weighted by atomic mass is 10.00. The van der Waals surface area contributed by atoms with Crippen molar-refractivity contribution in [3.05, 3.63) is 152 Å². The molecule has 0 saturated heterocycles. The highest BCUT2D eigenvalue weighted by molar-refractivity contribution is 5.87. The van der Waals surface area contributed by atoms with E-state index in [9.17, 15) is 0 Å².